The third-order valence-corrected chi connectivity index (χ3v) is 6.49. The first-order valence-electron chi connectivity index (χ1n) is 11.4. The molecule has 0 aliphatic carbocycles. The van der Waals surface area contributed by atoms with Gasteiger partial charge in [-0.2, -0.15) is 0 Å². The lowest BCUT2D eigenvalue weighted by atomic mass is 9.87. The Morgan fingerprint density at radius 1 is 1.19 bits per heavy atom. The van der Waals surface area contributed by atoms with Crippen LogP contribution in [0.25, 0.3) is 5.70 Å². The minimum atomic E-state index is 0.288. The lowest BCUT2D eigenvalue weighted by Crippen LogP contribution is -2.35. The minimum absolute atomic E-state index is 0.288. The Hall–Kier alpha value is -1.69. The molecule has 2 aliphatic heterocycles. The van der Waals surface area contributed by atoms with Crippen LogP contribution >= 0.6 is 11.9 Å². The number of hydrogen-bond donors (Lipinski definition) is 2. The van der Waals surface area contributed by atoms with Gasteiger partial charge in [-0.1, -0.05) is 63.3 Å². The van der Waals surface area contributed by atoms with Crippen LogP contribution < -0.4 is 11.1 Å². The van der Waals surface area contributed by atoms with Crippen molar-refractivity contribution in [1.82, 2.24) is 14.5 Å². The number of allylic oxidation sites excluding steroid dienone is 1. The molecule has 4 nitrogen and oxygen atoms in total. The van der Waals surface area contributed by atoms with Crippen molar-refractivity contribution in [2.45, 2.75) is 66.5 Å². The predicted octanol–water partition coefficient (Wildman–Crippen LogP) is 6.27. The van der Waals surface area contributed by atoms with Crippen molar-refractivity contribution in [2.75, 3.05) is 26.9 Å². The van der Waals surface area contributed by atoms with Crippen molar-refractivity contribution >= 4 is 17.6 Å². The number of benzene rings is 1. The Morgan fingerprint density at radius 2 is 1.72 bits per heavy atom. The van der Waals surface area contributed by atoms with Gasteiger partial charge in [-0.15, -0.1) is 6.58 Å². The number of nitrogens with one attached hydrogen (secondary N) is 1. The van der Waals surface area contributed by atoms with Gasteiger partial charge in [-0.3, -0.25) is 4.31 Å². The highest BCUT2D eigenvalue weighted by Gasteiger charge is 2.29. The van der Waals surface area contributed by atoms with Crippen molar-refractivity contribution in [1.29, 1.82) is 0 Å². The summed E-state index contributed by atoms with van der Waals surface area (Å²) < 4.78 is 2.25. The molecule has 2 heterocycles. The first kappa shape index (κ1) is 30.3. The molecule has 0 spiro atoms. The standard InChI is InChI=1S/C11H13NS.C8H17N.C6H13N.C2H5N/c1-8-4-6-10(7-5-8)11-9(2)12(11)13-3;1-6-7(9-5)8(2,3)4;1-6-4-3-5-7(6)2;1-2-3/h4-7H,1-3H3;6-7,9H,1H2,2-5H3;6H,3-5H2,1-2H3;2H,1,3H2. The van der Waals surface area contributed by atoms with Crippen LogP contribution in [0.15, 0.2) is 55.4 Å². The molecular formula is C27H48N4S. The van der Waals surface area contributed by atoms with Gasteiger partial charge in [0.1, 0.15) is 0 Å². The highest BCUT2D eigenvalue weighted by Crippen LogP contribution is 2.44. The summed E-state index contributed by atoms with van der Waals surface area (Å²) in [5.41, 5.74) is 10.3. The third-order valence-electron chi connectivity index (χ3n) is 5.67. The molecule has 182 valence electrons. The molecule has 2 aliphatic rings. The van der Waals surface area contributed by atoms with Crippen molar-refractivity contribution in [3.8, 4) is 0 Å². The summed E-state index contributed by atoms with van der Waals surface area (Å²) in [4.78, 5) is 2.40. The van der Waals surface area contributed by atoms with Gasteiger partial charge < -0.3 is 16.0 Å². The van der Waals surface area contributed by atoms with E-state index in [1.54, 1.807) is 11.9 Å². The molecule has 3 N–H and O–H groups in total. The number of likely N-dealkylation sites (N-methyl/N-ethyl adjacent to an activating group) is 1. The number of aryl methyl sites for hydroxylation is 1. The van der Waals surface area contributed by atoms with Crippen LogP contribution in [0.1, 0.15) is 58.6 Å². The molecule has 5 heteroatoms. The summed E-state index contributed by atoms with van der Waals surface area (Å²) >= 11 is 1.77. The smallest absolute Gasteiger partial charge is 0.0796 e. The van der Waals surface area contributed by atoms with Crippen molar-refractivity contribution in [2.24, 2.45) is 11.1 Å². The van der Waals surface area contributed by atoms with Crippen LogP contribution in [0.4, 0.5) is 0 Å². The summed E-state index contributed by atoms with van der Waals surface area (Å²) in [7, 11) is 4.15. The first-order chi connectivity index (χ1) is 15.0. The van der Waals surface area contributed by atoms with E-state index in [-0.39, 0.29) is 5.41 Å². The fraction of sp³-hybridized carbons (Fsp3) is 0.556. The van der Waals surface area contributed by atoms with Gasteiger partial charge in [-0.05, 0) is 77.8 Å². The average molecular weight is 461 g/mol. The highest BCUT2D eigenvalue weighted by molar-refractivity contribution is 7.97. The van der Waals surface area contributed by atoms with Gasteiger partial charge in [0.2, 0.25) is 0 Å². The largest absolute Gasteiger partial charge is 0.405 e. The molecule has 1 aromatic carbocycles. The lowest BCUT2D eigenvalue weighted by molar-refractivity contribution is 0.329. The molecule has 0 radical (unpaired) electrons. The molecule has 0 aromatic heterocycles. The molecule has 0 amide bonds. The van der Waals surface area contributed by atoms with Crippen LogP contribution in [-0.2, 0) is 0 Å². The van der Waals surface area contributed by atoms with Crippen LogP contribution in [0.2, 0.25) is 0 Å². The van der Waals surface area contributed by atoms with Crippen LogP contribution in [-0.4, -0.2) is 48.2 Å². The summed E-state index contributed by atoms with van der Waals surface area (Å²) in [6, 6.07) is 9.95. The fourth-order valence-electron chi connectivity index (χ4n) is 3.48. The molecular weight excluding hydrogens is 412 g/mol. The molecule has 1 saturated heterocycles. The monoisotopic (exact) mass is 460 g/mol. The number of hydrogen-bond acceptors (Lipinski definition) is 5. The van der Waals surface area contributed by atoms with Crippen molar-refractivity contribution in [3.05, 3.63) is 66.5 Å². The molecule has 0 bridgehead atoms. The first-order valence-corrected chi connectivity index (χ1v) is 12.6. The van der Waals surface area contributed by atoms with E-state index in [0.29, 0.717) is 6.04 Å². The normalized spacial score (nSPS) is 18.3. The topological polar surface area (TPSA) is 44.3 Å². The van der Waals surface area contributed by atoms with E-state index in [4.69, 9.17) is 0 Å². The third kappa shape index (κ3) is 10.8. The van der Waals surface area contributed by atoms with E-state index in [1.807, 2.05) is 13.1 Å². The van der Waals surface area contributed by atoms with E-state index in [9.17, 15) is 0 Å². The quantitative estimate of drug-likeness (QED) is 0.409. The van der Waals surface area contributed by atoms with Crippen molar-refractivity contribution < 1.29 is 0 Å². The van der Waals surface area contributed by atoms with E-state index in [2.05, 4.69) is 113 Å². The Bertz CT molecular complexity index is 695. The van der Waals surface area contributed by atoms with Crippen LogP contribution in [0.3, 0.4) is 0 Å². The summed E-state index contributed by atoms with van der Waals surface area (Å²) in [6.07, 6.45) is 8.10. The summed E-state index contributed by atoms with van der Waals surface area (Å²) in [6.45, 7) is 21.3. The second-order valence-corrected chi connectivity index (χ2v) is 10.1. The number of nitrogens with two attached hydrogens (primary N) is 1. The Balaban J connectivity index is 0.000000444. The fourth-order valence-corrected chi connectivity index (χ4v) is 4.22. The SMILES string of the molecule is C=CC(NC)C(C)(C)C.C=CN.CC1CCCN1C.CSN1C(C)=C1c1ccc(C)cc1. The zero-order valence-electron chi connectivity index (χ0n) is 22.0. The predicted molar refractivity (Wildman–Crippen MR) is 147 cm³/mol. The molecule has 3 rings (SSSR count). The maximum absolute atomic E-state index is 4.61. The Labute approximate surface area is 203 Å². The van der Waals surface area contributed by atoms with Gasteiger partial charge in [0.25, 0.3) is 0 Å². The van der Waals surface area contributed by atoms with E-state index >= 15 is 0 Å². The van der Waals surface area contributed by atoms with E-state index in [1.165, 1.54) is 48.1 Å². The zero-order chi connectivity index (χ0) is 24.9. The maximum Gasteiger partial charge on any atom is 0.0796 e. The number of nitrogens with zero attached hydrogens (tertiary/aromatic N) is 2. The zero-order valence-corrected chi connectivity index (χ0v) is 22.9. The summed E-state index contributed by atoms with van der Waals surface area (Å²) in [5, 5.41) is 3.17. The molecule has 1 aromatic rings. The summed E-state index contributed by atoms with van der Waals surface area (Å²) in [5.74, 6) is 0. The van der Waals surface area contributed by atoms with Gasteiger partial charge in [-0.25, -0.2) is 0 Å². The lowest BCUT2D eigenvalue weighted by Gasteiger charge is -2.27. The van der Waals surface area contributed by atoms with Gasteiger partial charge >= 0.3 is 0 Å². The molecule has 2 unspecified atom stereocenters. The average Bonchev–Trinajstić information content (AvgIpc) is 3.24. The second-order valence-electron chi connectivity index (χ2n) is 9.35. The number of likely N-dealkylation sites (tertiary alicyclic amines) is 1. The maximum atomic E-state index is 4.61. The van der Waals surface area contributed by atoms with Crippen LogP contribution in [0.5, 0.6) is 0 Å². The van der Waals surface area contributed by atoms with Crippen molar-refractivity contribution in [3.63, 3.8) is 0 Å². The molecule has 2 atom stereocenters. The second kappa shape index (κ2) is 15.2. The Morgan fingerprint density at radius 3 is 1.94 bits per heavy atom. The molecule has 32 heavy (non-hydrogen) atoms. The number of rotatable bonds is 4. The Kier molecular flexibility index (Phi) is 14.4. The van der Waals surface area contributed by atoms with Gasteiger partial charge in [0, 0.05) is 23.9 Å². The van der Waals surface area contributed by atoms with Crippen LogP contribution in [0, 0.1) is 12.3 Å². The van der Waals surface area contributed by atoms with Gasteiger partial charge in [0.05, 0.1) is 11.4 Å². The minimum Gasteiger partial charge on any atom is -0.405 e. The van der Waals surface area contributed by atoms with Gasteiger partial charge in [0.15, 0.2) is 0 Å². The highest BCUT2D eigenvalue weighted by atomic mass is 32.2. The molecule has 0 saturated carbocycles. The van der Waals surface area contributed by atoms with E-state index < -0.39 is 0 Å². The molecule has 1 fully saturated rings. The van der Waals surface area contributed by atoms with E-state index in [0.717, 1.165) is 6.04 Å².